The van der Waals surface area contributed by atoms with Crippen LogP contribution in [0, 0.1) is 6.92 Å². The van der Waals surface area contributed by atoms with Crippen molar-refractivity contribution in [1.29, 1.82) is 0 Å². The molecular weight excluding hydrogens is 322 g/mol. The number of hydrogen-bond donors (Lipinski definition) is 1. The molecule has 1 aliphatic rings. The van der Waals surface area contributed by atoms with Crippen molar-refractivity contribution in [3.8, 4) is 11.5 Å². The topological polar surface area (TPSA) is 62.1 Å². The van der Waals surface area contributed by atoms with Gasteiger partial charge in [-0.1, -0.05) is 0 Å². The van der Waals surface area contributed by atoms with Crippen molar-refractivity contribution < 1.29 is 9.21 Å². The van der Waals surface area contributed by atoms with E-state index in [2.05, 4.69) is 9.97 Å². The molecular formula is C18H19N3O2S. The van der Waals surface area contributed by atoms with Crippen LogP contribution in [-0.2, 0) is 11.2 Å². The molecule has 0 radical (unpaired) electrons. The van der Waals surface area contributed by atoms with E-state index in [0.29, 0.717) is 5.89 Å². The van der Waals surface area contributed by atoms with Gasteiger partial charge in [0.2, 0.25) is 11.8 Å². The number of thiophene rings is 1. The maximum Gasteiger partial charge on any atom is 0.229 e. The third-order valence-electron chi connectivity index (χ3n) is 4.53. The first kappa shape index (κ1) is 15.2. The van der Waals surface area contributed by atoms with Crippen molar-refractivity contribution in [2.24, 2.45) is 0 Å². The molecule has 124 valence electrons. The van der Waals surface area contributed by atoms with Crippen LogP contribution in [0.3, 0.4) is 0 Å². The highest BCUT2D eigenvalue weighted by Crippen LogP contribution is 2.32. The van der Waals surface area contributed by atoms with E-state index < -0.39 is 0 Å². The lowest BCUT2D eigenvalue weighted by Gasteiger charge is -2.23. The maximum absolute atomic E-state index is 12.8. The number of rotatable bonds is 4. The average Bonchev–Trinajstić information content (AvgIpc) is 3.36. The Balaban J connectivity index is 1.52. The highest BCUT2D eigenvalue weighted by atomic mass is 32.1. The summed E-state index contributed by atoms with van der Waals surface area (Å²) in [5, 5.41) is 3.99. The third-order valence-corrected chi connectivity index (χ3v) is 5.22. The normalized spacial score (nSPS) is 17.5. The summed E-state index contributed by atoms with van der Waals surface area (Å²) in [5.41, 5.74) is 2.81. The molecule has 0 aromatic carbocycles. The molecule has 4 heterocycles. The van der Waals surface area contributed by atoms with Gasteiger partial charge >= 0.3 is 0 Å². The third kappa shape index (κ3) is 2.78. The van der Waals surface area contributed by atoms with E-state index in [1.54, 1.807) is 11.3 Å². The summed E-state index contributed by atoms with van der Waals surface area (Å²) in [6.07, 6.45) is 4.24. The largest absolute Gasteiger partial charge is 0.441 e. The number of likely N-dealkylation sites (tertiary alicyclic amines) is 1. The second kappa shape index (κ2) is 6.28. The zero-order valence-electron chi connectivity index (χ0n) is 13.5. The maximum atomic E-state index is 12.8. The minimum Gasteiger partial charge on any atom is -0.441 e. The fraction of sp³-hybridized carbons (Fsp3) is 0.333. The number of oxazole rings is 1. The van der Waals surface area contributed by atoms with Crippen LogP contribution in [-0.4, -0.2) is 27.3 Å². The highest BCUT2D eigenvalue weighted by molar-refractivity contribution is 7.08. The summed E-state index contributed by atoms with van der Waals surface area (Å²) in [7, 11) is 0. The fourth-order valence-corrected chi connectivity index (χ4v) is 3.92. The smallest absolute Gasteiger partial charge is 0.229 e. The van der Waals surface area contributed by atoms with Gasteiger partial charge in [-0.2, -0.15) is 11.3 Å². The molecule has 3 aromatic heterocycles. The van der Waals surface area contributed by atoms with E-state index in [4.69, 9.17) is 4.42 Å². The number of aromatic amines is 1. The molecule has 4 rings (SSSR count). The zero-order valence-corrected chi connectivity index (χ0v) is 14.3. The van der Waals surface area contributed by atoms with Crippen molar-refractivity contribution >= 4 is 17.2 Å². The molecule has 1 fully saturated rings. The highest BCUT2D eigenvalue weighted by Gasteiger charge is 2.31. The first-order valence-corrected chi connectivity index (χ1v) is 9.08. The zero-order chi connectivity index (χ0) is 16.5. The Kier molecular flexibility index (Phi) is 3.98. The van der Waals surface area contributed by atoms with Crippen molar-refractivity contribution in [1.82, 2.24) is 14.9 Å². The molecule has 0 unspecified atom stereocenters. The van der Waals surface area contributed by atoms with Crippen molar-refractivity contribution in [2.45, 2.75) is 32.2 Å². The lowest BCUT2D eigenvalue weighted by atomic mass is 10.1. The van der Waals surface area contributed by atoms with E-state index >= 15 is 0 Å². The first-order valence-electron chi connectivity index (χ1n) is 8.14. The lowest BCUT2D eigenvalue weighted by molar-refractivity contribution is -0.131. The van der Waals surface area contributed by atoms with Crippen LogP contribution in [0.25, 0.3) is 11.5 Å². The van der Waals surface area contributed by atoms with Crippen molar-refractivity contribution in [2.75, 3.05) is 6.54 Å². The van der Waals surface area contributed by atoms with Gasteiger partial charge < -0.3 is 14.3 Å². The van der Waals surface area contributed by atoms with E-state index in [0.717, 1.165) is 42.1 Å². The average molecular weight is 341 g/mol. The SMILES string of the molecule is Cc1oc(-c2ccsc2)nc1CC(=O)N1CCC[C@@H]1c1ccc[nH]1. The Hall–Kier alpha value is -2.34. The molecule has 1 amide bonds. The predicted octanol–water partition coefficient (Wildman–Crippen LogP) is 3.95. The van der Waals surface area contributed by atoms with E-state index in [1.165, 1.54) is 0 Å². The summed E-state index contributed by atoms with van der Waals surface area (Å²) < 4.78 is 5.74. The van der Waals surface area contributed by atoms with Gasteiger partial charge in [-0.3, -0.25) is 4.79 Å². The summed E-state index contributed by atoms with van der Waals surface area (Å²) in [5.74, 6) is 1.43. The molecule has 1 atom stereocenters. The van der Waals surface area contributed by atoms with Gasteiger partial charge in [0.25, 0.3) is 0 Å². The van der Waals surface area contributed by atoms with Crippen molar-refractivity contribution in [3.05, 3.63) is 52.3 Å². The number of aromatic nitrogens is 2. The molecule has 0 aliphatic carbocycles. The number of amides is 1. The van der Waals surface area contributed by atoms with Gasteiger partial charge in [0.15, 0.2) is 0 Å². The lowest BCUT2D eigenvalue weighted by Crippen LogP contribution is -2.32. The Morgan fingerprint density at radius 2 is 2.42 bits per heavy atom. The molecule has 5 nitrogen and oxygen atoms in total. The van der Waals surface area contributed by atoms with Crippen LogP contribution in [0.5, 0.6) is 0 Å². The van der Waals surface area contributed by atoms with Gasteiger partial charge in [-0.05, 0) is 43.3 Å². The molecule has 1 aliphatic heterocycles. The van der Waals surface area contributed by atoms with Crippen LogP contribution in [0.1, 0.15) is 36.0 Å². The minimum absolute atomic E-state index is 0.111. The molecule has 0 spiro atoms. The van der Waals surface area contributed by atoms with Gasteiger partial charge in [0.05, 0.1) is 18.2 Å². The summed E-state index contributed by atoms with van der Waals surface area (Å²) in [6, 6.07) is 6.15. The van der Waals surface area contributed by atoms with Gasteiger partial charge in [0, 0.05) is 29.4 Å². The quantitative estimate of drug-likeness (QED) is 0.782. The molecule has 0 saturated carbocycles. The molecule has 6 heteroatoms. The van der Waals surface area contributed by atoms with Crippen molar-refractivity contribution in [3.63, 3.8) is 0 Å². The van der Waals surface area contributed by atoms with E-state index in [1.807, 2.05) is 47.0 Å². The molecule has 0 bridgehead atoms. The van der Waals surface area contributed by atoms with E-state index in [-0.39, 0.29) is 18.4 Å². The number of nitrogens with zero attached hydrogens (tertiary/aromatic N) is 2. The Morgan fingerprint density at radius 1 is 1.50 bits per heavy atom. The van der Waals surface area contributed by atoms with Crippen LogP contribution in [0.15, 0.2) is 39.6 Å². The molecule has 1 N–H and O–H groups in total. The predicted molar refractivity (Wildman–Crippen MR) is 92.7 cm³/mol. The Morgan fingerprint density at radius 3 is 3.17 bits per heavy atom. The number of nitrogens with one attached hydrogen (secondary N) is 1. The fourth-order valence-electron chi connectivity index (χ4n) is 3.29. The van der Waals surface area contributed by atoms with Gasteiger partial charge in [-0.25, -0.2) is 4.98 Å². The number of aryl methyl sites for hydroxylation is 1. The van der Waals surface area contributed by atoms with Crippen LogP contribution in [0.2, 0.25) is 0 Å². The van der Waals surface area contributed by atoms with Crippen LogP contribution in [0.4, 0.5) is 0 Å². The summed E-state index contributed by atoms with van der Waals surface area (Å²) in [4.78, 5) is 22.5. The van der Waals surface area contributed by atoms with Crippen LogP contribution >= 0.6 is 11.3 Å². The number of H-pyrrole nitrogens is 1. The molecule has 24 heavy (non-hydrogen) atoms. The second-order valence-electron chi connectivity index (χ2n) is 6.08. The van der Waals surface area contributed by atoms with Gasteiger partial charge in [-0.15, -0.1) is 0 Å². The number of hydrogen-bond acceptors (Lipinski definition) is 4. The number of carbonyl (C=O) groups is 1. The first-order chi connectivity index (χ1) is 11.7. The Bertz CT molecular complexity index is 821. The van der Waals surface area contributed by atoms with Crippen LogP contribution < -0.4 is 0 Å². The Labute approximate surface area is 144 Å². The van der Waals surface area contributed by atoms with E-state index in [9.17, 15) is 4.79 Å². The second-order valence-corrected chi connectivity index (χ2v) is 6.86. The van der Waals surface area contributed by atoms with Gasteiger partial charge in [0.1, 0.15) is 5.76 Å². The molecule has 1 saturated heterocycles. The summed E-state index contributed by atoms with van der Waals surface area (Å²) in [6.45, 7) is 2.68. The number of carbonyl (C=O) groups excluding carboxylic acids is 1. The minimum atomic E-state index is 0.111. The molecule has 3 aromatic rings. The summed E-state index contributed by atoms with van der Waals surface area (Å²) >= 11 is 1.60. The standard InChI is InChI=1S/C18H19N3O2S/c1-12-15(20-18(23-12)13-6-9-24-11-13)10-17(22)21-8-3-5-16(21)14-4-2-7-19-14/h2,4,6-7,9,11,16,19H,3,5,8,10H2,1H3/t16-/m1/s1. The monoisotopic (exact) mass is 341 g/mol.